The van der Waals surface area contributed by atoms with Gasteiger partial charge in [-0.3, -0.25) is 4.79 Å². The lowest BCUT2D eigenvalue weighted by molar-refractivity contribution is -0.141. The molecule has 0 aromatic heterocycles. The first-order valence-corrected chi connectivity index (χ1v) is 6.59. The lowest BCUT2D eigenvalue weighted by atomic mass is 10.1. The highest BCUT2D eigenvalue weighted by molar-refractivity contribution is 5.72. The van der Waals surface area contributed by atoms with Crippen LogP contribution in [-0.4, -0.2) is 38.2 Å². The minimum Gasteiger partial charge on any atom is -0.491 e. The molecular formula is C15H20O5. The third-order valence-corrected chi connectivity index (χ3v) is 2.98. The first kappa shape index (κ1) is 14.8. The zero-order valence-electron chi connectivity index (χ0n) is 12.0. The molecule has 0 radical (unpaired) electrons. The monoisotopic (exact) mass is 280 g/mol. The number of ether oxygens (including phenoxy) is 4. The molecule has 0 spiro atoms. The molecule has 0 aliphatic carbocycles. The quantitative estimate of drug-likeness (QED) is 0.771. The minimum atomic E-state index is -0.541. The lowest BCUT2D eigenvalue weighted by Gasteiger charge is -2.17. The number of methoxy groups -OCH3 is 1. The van der Waals surface area contributed by atoms with Crippen LogP contribution in [0.15, 0.2) is 24.3 Å². The van der Waals surface area contributed by atoms with E-state index in [1.54, 1.807) is 0 Å². The van der Waals surface area contributed by atoms with Gasteiger partial charge in [-0.05, 0) is 31.5 Å². The fourth-order valence-electron chi connectivity index (χ4n) is 2.02. The summed E-state index contributed by atoms with van der Waals surface area (Å²) in [5.41, 5.74) is 0.860. The van der Waals surface area contributed by atoms with E-state index in [1.807, 2.05) is 38.1 Å². The molecule has 0 bridgehead atoms. The van der Waals surface area contributed by atoms with Crippen molar-refractivity contribution in [2.24, 2.45) is 0 Å². The molecule has 0 amide bonds. The highest BCUT2D eigenvalue weighted by Gasteiger charge is 2.32. The van der Waals surface area contributed by atoms with Crippen molar-refractivity contribution in [3.63, 3.8) is 0 Å². The third kappa shape index (κ3) is 4.21. The van der Waals surface area contributed by atoms with Gasteiger partial charge >= 0.3 is 5.97 Å². The summed E-state index contributed by atoms with van der Waals surface area (Å²) in [7, 11) is 1.38. The molecule has 1 fully saturated rings. The molecule has 5 nitrogen and oxygen atoms in total. The number of hydrogen-bond donors (Lipinski definition) is 0. The first-order chi connectivity index (χ1) is 9.48. The zero-order chi connectivity index (χ0) is 14.6. The zero-order valence-corrected chi connectivity index (χ0v) is 12.0. The molecule has 0 saturated carbocycles. The van der Waals surface area contributed by atoms with Crippen molar-refractivity contribution in [3.8, 4) is 5.75 Å². The summed E-state index contributed by atoms with van der Waals surface area (Å²) in [6.45, 7) is 4.70. The number of rotatable bonds is 5. The van der Waals surface area contributed by atoms with Gasteiger partial charge in [0, 0.05) is 0 Å². The van der Waals surface area contributed by atoms with Crippen molar-refractivity contribution in [1.29, 1.82) is 0 Å². The number of esters is 1. The van der Waals surface area contributed by atoms with Gasteiger partial charge < -0.3 is 18.9 Å². The summed E-state index contributed by atoms with van der Waals surface area (Å²) in [6.07, 6.45) is 0.165. The van der Waals surface area contributed by atoms with Gasteiger partial charge in [0.05, 0.1) is 20.1 Å². The Balaban J connectivity index is 1.87. The van der Waals surface area contributed by atoms with Crippen LogP contribution < -0.4 is 4.74 Å². The van der Waals surface area contributed by atoms with Crippen molar-refractivity contribution in [3.05, 3.63) is 29.8 Å². The summed E-state index contributed by atoms with van der Waals surface area (Å²) >= 11 is 0. The molecule has 1 aromatic rings. The number of hydrogen-bond acceptors (Lipinski definition) is 5. The molecule has 110 valence electrons. The van der Waals surface area contributed by atoms with Crippen molar-refractivity contribution < 1.29 is 23.7 Å². The highest BCUT2D eigenvalue weighted by atomic mass is 16.7. The van der Waals surface area contributed by atoms with Crippen LogP contribution in [0.4, 0.5) is 0 Å². The van der Waals surface area contributed by atoms with E-state index in [0.717, 1.165) is 5.56 Å². The average molecular weight is 280 g/mol. The van der Waals surface area contributed by atoms with Gasteiger partial charge in [-0.25, -0.2) is 0 Å². The molecule has 1 aromatic carbocycles. The Hall–Kier alpha value is -1.59. The molecular weight excluding hydrogens is 260 g/mol. The normalized spacial score (nSPS) is 20.6. The second-order valence-electron chi connectivity index (χ2n) is 5.16. The molecule has 1 heterocycles. The predicted molar refractivity (Wildman–Crippen MR) is 72.6 cm³/mol. The van der Waals surface area contributed by atoms with Gasteiger partial charge in [-0.1, -0.05) is 12.1 Å². The lowest BCUT2D eigenvalue weighted by Crippen LogP contribution is -2.25. The Bertz CT molecular complexity index is 469. The van der Waals surface area contributed by atoms with Crippen LogP contribution in [0.5, 0.6) is 5.75 Å². The third-order valence-electron chi connectivity index (χ3n) is 2.98. The fraction of sp³-hybridized carbons (Fsp3) is 0.533. The van der Waals surface area contributed by atoms with Crippen LogP contribution in [0.2, 0.25) is 0 Å². The van der Waals surface area contributed by atoms with Crippen LogP contribution in [0.1, 0.15) is 19.4 Å². The molecule has 0 unspecified atom stereocenters. The van der Waals surface area contributed by atoms with Gasteiger partial charge in [0.15, 0.2) is 5.79 Å². The van der Waals surface area contributed by atoms with E-state index in [1.165, 1.54) is 7.11 Å². The Morgan fingerprint density at radius 2 is 2.25 bits per heavy atom. The second kappa shape index (κ2) is 6.24. The van der Waals surface area contributed by atoms with Crippen LogP contribution in [0.25, 0.3) is 0 Å². The number of carbonyl (C=O) groups is 1. The Morgan fingerprint density at radius 3 is 2.90 bits per heavy atom. The molecule has 5 heteroatoms. The summed E-state index contributed by atoms with van der Waals surface area (Å²) in [5, 5.41) is 0. The molecule has 1 aliphatic rings. The van der Waals surface area contributed by atoms with E-state index in [2.05, 4.69) is 4.74 Å². The standard InChI is InChI=1S/C15H20O5/c1-15(2)19-10-13(20-15)9-18-12-6-4-5-11(7-12)8-14(16)17-3/h4-7,13H,8-10H2,1-3H3/t13-/m1/s1. The fourth-order valence-corrected chi connectivity index (χ4v) is 2.02. The Labute approximate surface area is 118 Å². The molecule has 1 aliphatic heterocycles. The topological polar surface area (TPSA) is 54.0 Å². The summed E-state index contributed by atoms with van der Waals surface area (Å²) in [4.78, 5) is 11.2. The van der Waals surface area contributed by atoms with E-state index in [0.29, 0.717) is 19.0 Å². The molecule has 2 rings (SSSR count). The maximum atomic E-state index is 11.2. The predicted octanol–water partition coefficient (Wildman–Crippen LogP) is 1.93. The van der Waals surface area contributed by atoms with Crippen LogP contribution >= 0.6 is 0 Å². The Morgan fingerprint density at radius 1 is 1.45 bits per heavy atom. The van der Waals surface area contributed by atoms with Crippen molar-refractivity contribution in [2.75, 3.05) is 20.3 Å². The van der Waals surface area contributed by atoms with Crippen molar-refractivity contribution in [2.45, 2.75) is 32.2 Å². The average Bonchev–Trinajstić information content (AvgIpc) is 2.76. The molecule has 1 saturated heterocycles. The number of carbonyl (C=O) groups excluding carboxylic acids is 1. The van der Waals surface area contributed by atoms with Crippen LogP contribution in [-0.2, 0) is 25.4 Å². The summed E-state index contributed by atoms with van der Waals surface area (Å²) in [5.74, 6) is -0.100. The van der Waals surface area contributed by atoms with Crippen molar-refractivity contribution >= 4 is 5.97 Å². The van der Waals surface area contributed by atoms with E-state index >= 15 is 0 Å². The SMILES string of the molecule is COC(=O)Cc1cccc(OC[C@@H]2COC(C)(C)O2)c1. The minimum absolute atomic E-state index is 0.0748. The van der Waals surface area contributed by atoms with E-state index in [4.69, 9.17) is 14.2 Å². The molecule has 20 heavy (non-hydrogen) atoms. The van der Waals surface area contributed by atoms with Gasteiger partial charge in [-0.2, -0.15) is 0 Å². The Kier molecular flexibility index (Phi) is 4.62. The van der Waals surface area contributed by atoms with E-state index in [-0.39, 0.29) is 18.5 Å². The largest absolute Gasteiger partial charge is 0.491 e. The summed E-state index contributed by atoms with van der Waals surface area (Å²) in [6, 6.07) is 7.39. The van der Waals surface area contributed by atoms with Gasteiger partial charge in [0.1, 0.15) is 18.5 Å². The van der Waals surface area contributed by atoms with Crippen molar-refractivity contribution in [1.82, 2.24) is 0 Å². The molecule has 1 atom stereocenters. The smallest absolute Gasteiger partial charge is 0.309 e. The van der Waals surface area contributed by atoms with Gasteiger partial charge in [-0.15, -0.1) is 0 Å². The maximum absolute atomic E-state index is 11.2. The van der Waals surface area contributed by atoms with Gasteiger partial charge in [0.2, 0.25) is 0 Å². The van der Waals surface area contributed by atoms with Crippen LogP contribution in [0, 0.1) is 0 Å². The summed E-state index contributed by atoms with van der Waals surface area (Å²) < 4.78 is 21.5. The second-order valence-corrected chi connectivity index (χ2v) is 5.16. The van der Waals surface area contributed by atoms with E-state index in [9.17, 15) is 4.79 Å². The maximum Gasteiger partial charge on any atom is 0.309 e. The molecule has 0 N–H and O–H groups in total. The first-order valence-electron chi connectivity index (χ1n) is 6.59. The van der Waals surface area contributed by atoms with Gasteiger partial charge in [0.25, 0.3) is 0 Å². The van der Waals surface area contributed by atoms with Crippen LogP contribution in [0.3, 0.4) is 0 Å². The highest BCUT2D eigenvalue weighted by Crippen LogP contribution is 2.23. The van der Waals surface area contributed by atoms with E-state index < -0.39 is 5.79 Å². The number of benzene rings is 1.